The van der Waals surface area contributed by atoms with E-state index in [1.165, 1.54) is 0 Å². The largest absolute Gasteiger partial charge is 0.389 e. The molecule has 2 atom stereocenters. The SMILES string of the molecule is C[C@H](O)c1ccc(N2CCN3C(=O)NCC3C2)c(Br)c1. The smallest absolute Gasteiger partial charge is 0.317 e. The summed E-state index contributed by atoms with van der Waals surface area (Å²) in [6.45, 7) is 4.90. The van der Waals surface area contributed by atoms with E-state index in [9.17, 15) is 9.90 Å². The second-order valence-electron chi connectivity index (χ2n) is 5.37. The van der Waals surface area contributed by atoms with Crippen LogP contribution in [0.2, 0.25) is 0 Å². The van der Waals surface area contributed by atoms with Crippen LogP contribution >= 0.6 is 15.9 Å². The Morgan fingerprint density at radius 2 is 2.25 bits per heavy atom. The molecule has 5 nitrogen and oxygen atoms in total. The number of anilines is 1. The van der Waals surface area contributed by atoms with Gasteiger partial charge in [-0.05, 0) is 40.5 Å². The number of halogens is 1. The third kappa shape index (κ3) is 2.38. The van der Waals surface area contributed by atoms with E-state index < -0.39 is 6.10 Å². The van der Waals surface area contributed by atoms with Crippen molar-refractivity contribution in [2.24, 2.45) is 0 Å². The molecule has 2 heterocycles. The highest BCUT2D eigenvalue weighted by molar-refractivity contribution is 9.10. The molecule has 20 heavy (non-hydrogen) atoms. The van der Waals surface area contributed by atoms with Crippen LogP contribution in [0.4, 0.5) is 10.5 Å². The van der Waals surface area contributed by atoms with Gasteiger partial charge < -0.3 is 20.2 Å². The van der Waals surface area contributed by atoms with Gasteiger partial charge in [0.05, 0.1) is 17.8 Å². The van der Waals surface area contributed by atoms with Crippen molar-refractivity contribution in [1.82, 2.24) is 10.2 Å². The minimum absolute atomic E-state index is 0.0539. The number of fused-ring (bicyclic) bond motifs is 1. The van der Waals surface area contributed by atoms with E-state index in [1.807, 2.05) is 23.1 Å². The number of nitrogens with one attached hydrogen (secondary N) is 1. The van der Waals surface area contributed by atoms with Crippen LogP contribution in [0.5, 0.6) is 0 Å². The Kier molecular flexibility index (Phi) is 3.60. The molecule has 2 N–H and O–H groups in total. The Morgan fingerprint density at radius 1 is 1.45 bits per heavy atom. The van der Waals surface area contributed by atoms with Gasteiger partial charge in [0, 0.05) is 30.7 Å². The molecule has 2 aliphatic heterocycles. The van der Waals surface area contributed by atoms with E-state index in [0.29, 0.717) is 0 Å². The fourth-order valence-corrected chi connectivity index (χ4v) is 3.51. The molecule has 0 aliphatic carbocycles. The summed E-state index contributed by atoms with van der Waals surface area (Å²) in [5.74, 6) is 0. The van der Waals surface area contributed by atoms with E-state index in [0.717, 1.165) is 41.9 Å². The second kappa shape index (κ2) is 5.26. The standard InChI is InChI=1S/C14H18BrN3O2/c1-9(19)10-2-3-13(12(15)6-10)17-4-5-18-11(8-17)7-16-14(18)20/h2-3,6,9,11,19H,4-5,7-8H2,1H3,(H,16,20)/t9-,11?/m0/s1. The highest BCUT2D eigenvalue weighted by atomic mass is 79.9. The molecule has 0 saturated carbocycles. The summed E-state index contributed by atoms with van der Waals surface area (Å²) in [6, 6.07) is 6.25. The van der Waals surface area contributed by atoms with Crippen LogP contribution in [-0.4, -0.2) is 48.3 Å². The molecule has 0 spiro atoms. The first-order valence-electron chi connectivity index (χ1n) is 6.83. The van der Waals surface area contributed by atoms with Gasteiger partial charge in [-0.2, -0.15) is 0 Å². The van der Waals surface area contributed by atoms with Crippen LogP contribution in [-0.2, 0) is 0 Å². The van der Waals surface area contributed by atoms with Gasteiger partial charge in [-0.15, -0.1) is 0 Å². The number of hydrogen-bond donors (Lipinski definition) is 2. The Morgan fingerprint density at radius 3 is 2.95 bits per heavy atom. The zero-order chi connectivity index (χ0) is 14.3. The minimum atomic E-state index is -0.464. The van der Waals surface area contributed by atoms with Gasteiger partial charge in [0.1, 0.15) is 0 Å². The number of rotatable bonds is 2. The molecular weight excluding hydrogens is 322 g/mol. The molecule has 2 amide bonds. The number of piperazine rings is 1. The van der Waals surface area contributed by atoms with Crippen molar-refractivity contribution < 1.29 is 9.90 Å². The van der Waals surface area contributed by atoms with Crippen LogP contribution in [0.3, 0.4) is 0 Å². The number of benzene rings is 1. The summed E-state index contributed by atoms with van der Waals surface area (Å²) in [5, 5.41) is 12.5. The molecule has 2 aliphatic rings. The Hall–Kier alpha value is -1.27. The highest BCUT2D eigenvalue weighted by Crippen LogP contribution is 2.31. The Balaban J connectivity index is 1.79. The van der Waals surface area contributed by atoms with Crippen molar-refractivity contribution in [1.29, 1.82) is 0 Å². The lowest BCUT2D eigenvalue weighted by molar-refractivity contribution is 0.197. The molecule has 2 fully saturated rings. The normalized spacial score (nSPS) is 23.6. The molecule has 0 bridgehead atoms. The molecule has 1 aromatic carbocycles. The number of aliphatic hydroxyl groups excluding tert-OH is 1. The lowest BCUT2D eigenvalue weighted by Gasteiger charge is -2.38. The summed E-state index contributed by atoms with van der Waals surface area (Å²) in [4.78, 5) is 15.8. The molecule has 6 heteroatoms. The van der Waals surface area contributed by atoms with Crippen LogP contribution < -0.4 is 10.2 Å². The maximum atomic E-state index is 11.6. The summed E-state index contributed by atoms with van der Waals surface area (Å²) >= 11 is 3.59. The van der Waals surface area contributed by atoms with Crippen molar-refractivity contribution in [2.45, 2.75) is 19.1 Å². The zero-order valence-corrected chi connectivity index (χ0v) is 12.9. The average Bonchev–Trinajstić information content (AvgIpc) is 2.79. The molecule has 0 aromatic heterocycles. The number of hydrogen-bond acceptors (Lipinski definition) is 3. The predicted molar refractivity (Wildman–Crippen MR) is 80.9 cm³/mol. The van der Waals surface area contributed by atoms with Gasteiger partial charge in [-0.1, -0.05) is 6.07 Å². The minimum Gasteiger partial charge on any atom is -0.389 e. The molecule has 0 radical (unpaired) electrons. The van der Waals surface area contributed by atoms with Gasteiger partial charge >= 0.3 is 6.03 Å². The number of aliphatic hydroxyl groups is 1. The van der Waals surface area contributed by atoms with E-state index in [4.69, 9.17) is 0 Å². The van der Waals surface area contributed by atoms with Crippen molar-refractivity contribution in [3.63, 3.8) is 0 Å². The predicted octanol–water partition coefficient (Wildman–Crippen LogP) is 1.72. The van der Waals surface area contributed by atoms with Crippen molar-refractivity contribution in [3.8, 4) is 0 Å². The first kappa shape index (κ1) is 13.7. The van der Waals surface area contributed by atoms with Crippen LogP contribution in [0.15, 0.2) is 22.7 Å². The van der Waals surface area contributed by atoms with Crippen LogP contribution in [0.25, 0.3) is 0 Å². The molecule has 1 aromatic rings. The van der Waals surface area contributed by atoms with Gasteiger partial charge in [0.2, 0.25) is 0 Å². The maximum absolute atomic E-state index is 11.6. The third-order valence-corrected chi connectivity index (χ3v) is 4.66. The van der Waals surface area contributed by atoms with Gasteiger partial charge in [-0.25, -0.2) is 4.79 Å². The molecule has 2 saturated heterocycles. The van der Waals surface area contributed by atoms with Crippen LogP contribution in [0, 0.1) is 0 Å². The first-order valence-corrected chi connectivity index (χ1v) is 7.62. The Bertz CT molecular complexity index is 535. The Labute approximate surface area is 126 Å². The molecular formula is C14H18BrN3O2. The maximum Gasteiger partial charge on any atom is 0.317 e. The lowest BCUT2D eigenvalue weighted by atomic mass is 10.1. The second-order valence-corrected chi connectivity index (χ2v) is 6.22. The van der Waals surface area contributed by atoms with Crippen molar-refractivity contribution in [3.05, 3.63) is 28.2 Å². The quantitative estimate of drug-likeness (QED) is 0.862. The summed E-state index contributed by atoms with van der Waals surface area (Å²) in [5.41, 5.74) is 2.02. The van der Waals surface area contributed by atoms with Gasteiger partial charge in [0.25, 0.3) is 0 Å². The molecule has 1 unspecified atom stereocenters. The monoisotopic (exact) mass is 339 g/mol. The van der Waals surface area contributed by atoms with E-state index >= 15 is 0 Å². The summed E-state index contributed by atoms with van der Waals surface area (Å²) in [6.07, 6.45) is -0.464. The van der Waals surface area contributed by atoms with Gasteiger partial charge in [0.15, 0.2) is 0 Å². The highest BCUT2D eigenvalue weighted by Gasteiger charge is 2.35. The fourth-order valence-electron chi connectivity index (χ4n) is 2.86. The lowest BCUT2D eigenvalue weighted by Crippen LogP contribution is -2.52. The van der Waals surface area contributed by atoms with Crippen molar-refractivity contribution >= 4 is 27.6 Å². The number of nitrogens with zero attached hydrogens (tertiary/aromatic N) is 2. The average molecular weight is 340 g/mol. The third-order valence-electron chi connectivity index (χ3n) is 4.03. The number of carbonyl (C=O) groups is 1. The van der Waals surface area contributed by atoms with E-state index in [-0.39, 0.29) is 12.1 Å². The van der Waals surface area contributed by atoms with Crippen LogP contribution in [0.1, 0.15) is 18.6 Å². The number of urea groups is 1. The summed E-state index contributed by atoms with van der Waals surface area (Å²) < 4.78 is 0.988. The summed E-state index contributed by atoms with van der Waals surface area (Å²) in [7, 11) is 0. The van der Waals surface area contributed by atoms with Crippen molar-refractivity contribution in [2.75, 3.05) is 31.1 Å². The number of amides is 2. The molecule has 3 rings (SSSR count). The molecule has 108 valence electrons. The zero-order valence-electron chi connectivity index (χ0n) is 11.3. The van der Waals surface area contributed by atoms with E-state index in [1.54, 1.807) is 6.92 Å². The number of carbonyl (C=O) groups excluding carboxylic acids is 1. The fraction of sp³-hybridized carbons (Fsp3) is 0.500. The van der Waals surface area contributed by atoms with Gasteiger partial charge in [-0.3, -0.25) is 0 Å². The van der Waals surface area contributed by atoms with E-state index in [2.05, 4.69) is 26.1 Å². The first-order chi connectivity index (χ1) is 9.56. The topological polar surface area (TPSA) is 55.8 Å².